The summed E-state index contributed by atoms with van der Waals surface area (Å²) in [6.07, 6.45) is 2.68. The molecule has 1 aliphatic rings. The van der Waals surface area contributed by atoms with Gasteiger partial charge in [-0.2, -0.15) is 0 Å². The number of aromatic nitrogens is 2. The van der Waals surface area contributed by atoms with Crippen molar-refractivity contribution in [1.29, 1.82) is 0 Å². The Balaban J connectivity index is 1.53. The molecule has 4 aromatic rings. The minimum Gasteiger partial charge on any atom is -0.340 e. The standard InChI is InChI=1S/C27H27FN4O/c1-2-26(33)31-16-14-30(15-17-31)19-24-27(21-8-11-23(28)12-9-21)29-25-13-10-22(18-32(24)25)20-6-4-3-5-7-20/h3-13,18H,2,14-17,19H2,1H3. The molecule has 0 aliphatic carbocycles. The highest BCUT2D eigenvalue weighted by molar-refractivity contribution is 5.76. The first-order chi connectivity index (χ1) is 16.1. The van der Waals surface area contributed by atoms with Gasteiger partial charge in [0.05, 0.1) is 11.4 Å². The molecule has 6 heteroatoms. The fourth-order valence-corrected chi connectivity index (χ4v) is 4.48. The molecule has 1 saturated heterocycles. The quantitative estimate of drug-likeness (QED) is 0.443. The Morgan fingerprint density at radius 1 is 0.879 bits per heavy atom. The van der Waals surface area contributed by atoms with Crippen LogP contribution in [0.25, 0.3) is 28.0 Å². The summed E-state index contributed by atoms with van der Waals surface area (Å²) in [5, 5.41) is 0. The van der Waals surface area contributed by atoms with E-state index in [0.29, 0.717) is 13.0 Å². The van der Waals surface area contributed by atoms with Gasteiger partial charge < -0.3 is 9.30 Å². The molecule has 3 heterocycles. The molecule has 168 valence electrons. The van der Waals surface area contributed by atoms with Gasteiger partial charge in [0.25, 0.3) is 0 Å². The van der Waals surface area contributed by atoms with Crippen LogP contribution in [0.1, 0.15) is 19.0 Å². The third kappa shape index (κ3) is 4.39. The van der Waals surface area contributed by atoms with Crippen LogP contribution in [-0.4, -0.2) is 51.3 Å². The van der Waals surface area contributed by atoms with E-state index in [-0.39, 0.29) is 11.7 Å². The topological polar surface area (TPSA) is 40.9 Å². The second-order valence-corrected chi connectivity index (χ2v) is 8.44. The predicted octanol–water partition coefficient (Wildman–Crippen LogP) is 4.86. The molecule has 5 nitrogen and oxygen atoms in total. The van der Waals surface area contributed by atoms with Gasteiger partial charge in [-0.1, -0.05) is 37.3 Å². The number of rotatable bonds is 5. The lowest BCUT2D eigenvalue weighted by molar-refractivity contribution is -0.132. The van der Waals surface area contributed by atoms with E-state index in [0.717, 1.165) is 59.9 Å². The zero-order chi connectivity index (χ0) is 22.8. The molecular weight excluding hydrogens is 415 g/mol. The molecule has 1 aliphatic heterocycles. The fourth-order valence-electron chi connectivity index (χ4n) is 4.48. The molecule has 0 atom stereocenters. The normalized spacial score (nSPS) is 14.7. The summed E-state index contributed by atoms with van der Waals surface area (Å²) in [7, 11) is 0. The number of pyridine rings is 1. The van der Waals surface area contributed by atoms with Crippen molar-refractivity contribution >= 4 is 11.6 Å². The Kier molecular flexibility index (Phi) is 5.92. The van der Waals surface area contributed by atoms with Gasteiger partial charge in [0.1, 0.15) is 11.5 Å². The minimum atomic E-state index is -0.257. The lowest BCUT2D eigenvalue weighted by Crippen LogP contribution is -2.48. The van der Waals surface area contributed by atoms with Crippen LogP contribution in [-0.2, 0) is 11.3 Å². The highest BCUT2D eigenvalue weighted by atomic mass is 19.1. The maximum absolute atomic E-state index is 13.6. The number of imidazole rings is 1. The first-order valence-electron chi connectivity index (χ1n) is 11.4. The van der Waals surface area contributed by atoms with Crippen molar-refractivity contribution in [1.82, 2.24) is 19.2 Å². The third-order valence-corrected chi connectivity index (χ3v) is 6.34. The molecule has 33 heavy (non-hydrogen) atoms. The number of fused-ring (bicyclic) bond motifs is 1. The Morgan fingerprint density at radius 3 is 2.27 bits per heavy atom. The molecule has 0 N–H and O–H groups in total. The summed E-state index contributed by atoms with van der Waals surface area (Å²) in [5.41, 5.74) is 5.97. The number of halogens is 1. The smallest absolute Gasteiger partial charge is 0.222 e. The Labute approximate surface area is 193 Å². The van der Waals surface area contributed by atoms with Crippen LogP contribution in [0.15, 0.2) is 72.9 Å². The lowest BCUT2D eigenvalue weighted by atomic mass is 10.1. The van der Waals surface area contributed by atoms with Gasteiger partial charge in [-0.15, -0.1) is 0 Å². The predicted molar refractivity (Wildman–Crippen MR) is 128 cm³/mol. The molecule has 5 rings (SSSR count). The van der Waals surface area contributed by atoms with Crippen molar-refractivity contribution in [2.24, 2.45) is 0 Å². The van der Waals surface area contributed by atoms with E-state index in [2.05, 4.69) is 33.7 Å². The number of hydrogen-bond donors (Lipinski definition) is 0. The van der Waals surface area contributed by atoms with Crippen LogP contribution in [0.5, 0.6) is 0 Å². The van der Waals surface area contributed by atoms with Crippen molar-refractivity contribution in [2.75, 3.05) is 26.2 Å². The highest BCUT2D eigenvalue weighted by Gasteiger charge is 2.23. The van der Waals surface area contributed by atoms with Gasteiger partial charge in [0.2, 0.25) is 5.91 Å². The van der Waals surface area contributed by atoms with Gasteiger partial charge in [0, 0.05) is 50.9 Å². The second kappa shape index (κ2) is 9.16. The van der Waals surface area contributed by atoms with Crippen LogP contribution >= 0.6 is 0 Å². The number of carbonyl (C=O) groups excluding carboxylic acids is 1. The average Bonchev–Trinajstić information content (AvgIpc) is 3.22. The van der Waals surface area contributed by atoms with E-state index >= 15 is 0 Å². The fraction of sp³-hybridized carbons (Fsp3) is 0.259. The van der Waals surface area contributed by atoms with Crippen LogP contribution in [0.2, 0.25) is 0 Å². The Bertz CT molecular complexity index is 1260. The van der Waals surface area contributed by atoms with Gasteiger partial charge in [-0.05, 0) is 47.5 Å². The van der Waals surface area contributed by atoms with Crippen molar-refractivity contribution in [3.63, 3.8) is 0 Å². The molecule has 0 radical (unpaired) electrons. The maximum Gasteiger partial charge on any atom is 0.222 e. The summed E-state index contributed by atoms with van der Waals surface area (Å²) in [6.45, 7) is 5.74. The first kappa shape index (κ1) is 21.3. The molecule has 1 fully saturated rings. The number of hydrogen-bond acceptors (Lipinski definition) is 3. The van der Waals surface area contributed by atoms with E-state index in [9.17, 15) is 9.18 Å². The van der Waals surface area contributed by atoms with E-state index in [4.69, 9.17) is 4.98 Å². The molecular formula is C27H27FN4O. The van der Waals surface area contributed by atoms with E-state index < -0.39 is 0 Å². The van der Waals surface area contributed by atoms with E-state index in [1.54, 1.807) is 12.1 Å². The molecule has 2 aromatic carbocycles. The molecule has 0 spiro atoms. The molecule has 0 saturated carbocycles. The summed E-state index contributed by atoms with van der Waals surface area (Å²) < 4.78 is 15.7. The van der Waals surface area contributed by atoms with Crippen molar-refractivity contribution in [3.8, 4) is 22.4 Å². The monoisotopic (exact) mass is 442 g/mol. The first-order valence-corrected chi connectivity index (χ1v) is 11.4. The van der Waals surface area contributed by atoms with Crippen LogP contribution in [0.3, 0.4) is 0 Å². The van der Waals surface area contributed by atoms with Crippen molar-refractivity contribution < 1.29 is 9.18 Å². The summed E-state index contributed by atoms with van der Waals surface area (Å²) >= 11 is 0. The third-order valence-electron chi connectivity index (χ3n) is 6.34. The zero-order valence-corrected chi connectivity index (χ0v) is 18.7. The van der Waals surface area contributed by atoms with E-state index in [1.807, 2.05) is 36.1 Å². The Morgan fingerprint density at radius 2 is 1.58 bits per heavy atom. The van der Waals surface area contributed by atoms with Gasteiger partial charge >= 0.3 is 0 Å². The zero-order valence-electron chi connectivity index (χ0n) is 18.7. The summed E-state index contributed by atoms with van der Waals surface area (Å²) in [6, 6.07) is 21.0. The maximum atomic E-state index is 13.6. The van der Waals surface area contributed by atoms with Crippen LogP contribution in [0, 0.1) is 5.82 Å². The SMILES string of the molecule is CCC(=O)N1CCN(Cc2c(-c3ccc(F)cc3)nc3ccc(-c4ccccc4)cn23)CC1. The van der Waals surface area contributed by atoms with Crippen LogP contribution < -0.4 is 0 Å². The molecule has 0 bridgehead atoms. The van der Waals surface area contributed by atoms with Gasteiger partial charge in [-0.3, -0.25) is 9.69 Å². The highest BCUT2D eigenvalue weighted by Crippen LogP contribution is 2.29. The summed E-state index contributed by atoms with van der Waals surface area (Å²) in [4.78, 5) is 21.3. The van der Waals surface area contributed by atoms with Gasteiger partial charge in [-0.25, -0.2) is 9.37 Å². The number of amides is 1. The summed E-state index contributed by atoms with van der Waals surface area (Å²) in [5.74, 6) is -0.0453. The average molecular weight is 443 g/mol. The second-order valence-electron chi connectivity index (χ2n) is 8.44. The lowest BCUT2D eigenvalue weighted by Gasteiger charge is -2.34. The number of nitrogens with zero attached hydrogens (tertiary/aromatic N) is 4. The van der Waals surface area contributed by atoms with Crippen LogP contribution in [0.4, 0.5) is 4.39 Å². The molecule has 1 amide bonds. The largest absolute Gasteiger partial charge is 0.340 e. The molecule has 2 aromatic heterocycles. The van der Waals surface area contributed by atoms with Crippen molar-refractivity contribution in [3.05, 3.63) is 84.4 Å². The van der Waals surface area contributed by atoms with E-state index in [1.165, 1.54) is 12.1 Å². The number of carbonyl (C=O) groups is 1. The Hall–Kier alpha value is -3.51. The van der Waals surface area contributed by atoms with Crippen molar-refractivity contribution in [2.45, 2.75) is 19.9 Å². The minimum absolute atomic E-state index is 0.212. The molecule has 0 unspecified atom stereocenters. The number of piperazine rings is 1. The number of benzene rings is 2. The van der Waals surface area contributed by atoms with Gasteiger partial charge in [0.15, 0.2) is 0 Å².